The second-order valence-electron chi connectivity index (χ2n) is 6.68. The van der Waals surface area contributed by atoms with Crippen LogP contribution in [0.2, 0.25) is 0 Å². The Kier molecular flexibility index (Phi) is 8.83. The maximum absolute atomic E-state index is 11.9. The van der Waals surface area contributed by atoms with Crippen molar-refractivity contribution < 1.29 is 9.53 Å². The molecule has 124 valence electrons. The molecule has 1 aromatic carbocycles. The van der Waals surface area contributed by atoms with Gasteiger partial charge in [-0.3, -0.25) is 4.79 Å². The normalized spacial score (nSPS) is 13.9. The fourth-order valence-corrected chi connectivity index (χ4v) is 2.44. The van der Waals surface area contributed by atoms with Crippen LogP contribution in [-0.2, 0) is 16.0 Å². The first-order valence-electron chi connectivity index (χ1n) is 8.45. The molecule has 0 saturated carbocycles. The van der Waals surface area contributed by atoms with Gasteiger partial charge in [0.25, 0.3) is 0 Å². The number of esters is 1. The predicted molar refractivity (Wildman–Crippen MR) is 91.6 cm³/mol. The molecule has 0 saturated heterocycles. The minimum absolute atomic E-state index is 0.293. The van der Waals surface area contributed by atoms with Gasteiger partial charge in [0.2, 0.25) is 0 Å². The molecule has 3 heteroatoms. The van der Waals surface area contributed by atoms with Crippen molar-refractivity contribution in [3.05, 3.63) is 35.9 Å². The standard InChI is InChI=1S/C19H31NO2/c1-15(2)8-7-9-16(3)12-13-22-19(21)18(20)14-17-10-5-4-6-11-17/h4-6,10-11,15-16,18H,7-9,12-14,20H2,1-3H3. The summed E-state index contributed by atoms with van der Waals surface area (Å²) in [6, 6.07) is 9.24. The molecule has 0 spiro atoms. The van der Waals surface area contributed by atoms with E-state index in [2.05, 4.69) is 20.8 Å². The number of carbonyl (C=O) groups is 1. The van der Waals surface area contributed by atoms with Gasteiger partial charge in [-0.05, 0) is 30.2 Å². The summed E-state index contributed by atoms with van der Waals surface area (Å²) < 4.78 is 5.31. The average Bonchev–Trinajstić information content (AvgIpc) is 2.47. The van der Waals surface area contributed by atoms with Crippen molar-refractivity contribution in [2.24, 2.45) is 17.6 Å². The van der Waals surface area contributed by atoms with E-state index in [9.17, 15) is 4.79 Å². The summed E-state index contributed by atoms with van der Waals surface area (Å²) in [4.78, 5) is 11.9. The highest BCUT2D eigenvalue weighted by molar-refractivity contribution is 5.75. The van der Waals surface area contributed by atoms with Crippen LogP contribution in [0, 0.1) is 11.8 Å². The average molecular weight is 305 g/mol. The molecule has 0 aliphatic heterocycles. The minimum Gasteiger partial charge on any atom is -0.465 e. The number of carbonyl (C=O) groups excluding carboxylic acids is 1. The lowest BCUT2D eigenvalue weighted by Gasteiger charge is -2.14. The van der Waals surface area contributed by atoms with Gasteiger partial charge in [0.15, 0.2) is 0 Å². The van der Waals surface area contributed by atoms with Crippen molar-refractivity contribution >= 4 is 5.97 Å². The SMILES string of the molecule is CC(C)CCCC(C)CCOC(=O)C(N)Cc1ccccc1. The number of hydrogen-bond acceptors (Lipinski definition) is 3. The molecule has 22 heavy (non-hydrogen) atoms. The molecular formula is C19H31NO2. The summed E-state index contributed by atoms with van der Waals surface area (Å²) >= 11 is 0. The Morgan fingerprint density at radius 2 is 1.77 bits per heavy atom. The van der Waals surface area contributed by atoms with Gasteiger partial charge in [-0.1, -0.05) is 70.4 Å². The molecule has 3 nitrogen and oxygen atoms in total. The van der Waals surface area contributed by atoms with Gasteiger partial charge < -0.3 is 10.5 Å². The molecule has 0 aliphatic rings. The second-order valence-corrected chi connectivity index (χ2v) is 6.68. The monoisotopic (exact) mass is 305 g/mol. The van der Waals surface area contributed by atoms with Gasteiger partial charge in [0.1, 0.15) is 6.04 Å². The summed E-state index contributed by atoms with van der Waals surface area (Å²) in [5, 5.41) is 0. The molecule has 2 N–H and O–H groups in total. The van der Waals surface area contributed by atoms with Crippen LogP contribution < -0.4 is 5.73 Å². The zero-order chi connectivity index (χ0) is 16.4. The summed E-state index contributed by atoms with van der Waals surface area (Å²) in [7, 11) is 0. The molecule has 0 heterocycles. The molecule has 0 amide bonds. The third-order valence-corrected chi connectivity index (χ3v) is 3.93. The lowest BCUT2D eigenvalue weighted by atomic mass is 9.98. The van der Waals surface area contributed by atoms with Crippen molar-refractivity contribution in [3.63, 3.8) is 0 Å². The Balaban J connectivity index is 2.17. The highest BCUT2D eigenvalue weighted by atomic mass is 16.5. The number of hydrogen-bond donors (Lipinski definition) is 1. The molecule has 0 aliphatic carbocycles. The fourth-order valence-electron chi connectivity index (χ4n) is 2.44. The van der Waals surface area contributed by atoms with E-state index in [1.807, 2.05) is 30.3 Å². The second kappa shape index (κ2) is 10.4. The van der Waals surface area contributed by atoms with E-state index in [0.29, 0.717) is 18.9 Å². The van der Waals surface area contributed by atoms with E-state index in [-0.39, 0.29) is 5.97 Å². The molecule has 1 aromatic rings. The third-order valence-electron chi connectivity index (χ3n) is 3.93. The van der Waals surface area contributed by atoms with Crippen molar-refractivity contribution in [1.82, 2.24) is 0 Å². The molecule has 1 rings (SSSR count). The van der Waals surface area contributed by atoms with Crippen LogP contribution in [0.3, 0.4) is 0 Å². The predicted octanol–water partition coefficient (Wildman–Crippen LogP) is 3.95. The zero-order valence-electron chi connectivity index (χ0n) is 14.3. The maximum Gasteiger partial charge on any atom is 0.323 e. The Morgan fingerprint density at radius 1 is 1.09 bits per heavy atom. The lowest BCUT2D eigenvalue weighted by Crippen LogP contribution is -2.34. The summed E-state index contributed by atoms with van der Waals surface area (Å²) in [6.45, 7) is 7.20. The van der Waals surface area contributed by atoms with Crippen LogP contribution in [0.1, 0.15) is 52.0 Å². The molecule has 2 unspecified atom stereocenters. The van der Waals surface area contributed by atoms with Crippen molar-refractivity contribution in [2.45, 2.75) is 58.9 Å². The Bertz CT molecular complexity index is 417. The number of rotatable bonds is 10. The van der Waals surface area contributed by atoms with E-state index >= 15 is 0 Å². The van der Waals surface area contributed by atoms with E-state index in [4.69, 9.17) is 10.5 Å². The van der Waals surface area contributed by atoms with Gasteiger partial charge in [0.05, 0.1) is 6.61 Å². The van der Waals surface area contributed by atoms with Crippen LogP contribution in [0.25, 0.3) is 0 Å². The Morgan fingerprint density at radius 3 is 2.41 bits per heavy atom. The molecule has 0 fully saturated rings. The topological polar surface area (TPSA) is 52.3 Å². The van der Waals surface area contributed by atoms with Crippen LogP contribution >= 0.6 is 0 Å². The molecule has 2 atom stereocenters. The number of ether oxygens (including phenoxy) is 1. The van der Waals surface area contributed by atoms with Gasteiger partial charge >= 0.3 is 5.97 Å². The van der Waals surface area contributed by atoms with E-state index < -0.39 is 6.04 Å². The van der Waals surface area contributed by atoms with Crippen LogP contribution in [0.5, 0.6) is 0 Å². The van der Waals surface area contributed by atoms with Gasteiger partial charge in [-0.25, -0.2) is 0 Å². The van der Waals surface area contributed by atoms with E-state index in [0.717, 1.165) is 17.9 Å². The first-order valence-corrected chi connectivity index (χ1v) is 8.45. The van der Waals surface area contributed by atoms with Crippen molar-refractivity contribution in [1.29, 1.82) is 0 Å². The highest BCUT2D eigenvalue weighted by Crippen LogP contribution is 2.15. The first-order chi connectivity index (χ1) is 10.5. The summed E-state index contributed by atoms with van der Waals surface area (Å²) in [5.41, 5.74) is 6.97. The van der Waals surface area contributed by atoms with Gasteiger partial charge in [-0.15, -0.1) is 0 Å². The summed E-state index contributed by atoms with van der Waals surface area (Å²) in [6.07, 6.45) is 5.17. The molecule has 0 radical (unpaired) electrons. The maximum atomic E-state index is 11.9. The summed E-state index contributed by atoms with van der Waals surface area (Å²) in [5.74, 6) is 1.07. The zero-order valence-corrected chi connectivity index (χ0v) is 14.3. The first kappa shape index (κ1) is 18.7. The fraction of sp³-hybridized carbons (Fsp3) is 0.632. The minimum atomic E-state index is -0.571. The largest absolute Gasteiger partial charge is 0.465 e. The number of nitrogens with two attached hydrogens (primary N) is 1. The number of benzene rings is 1. The van der Waals surface area contributed by atoms with Gasteiger partial charge in [-0.2, -0.15) is 0 Å². The van der Waals surface area contributed by atoms with Gasteiger partial charge in [0, 0.05) is 0 Å². The van der Waals surface area contributed by atoms with Crippen LogP contribution in [0.15, 0.2) is 30.3 Å². The lowest BCUT2D eigenvalue weighted by molar-refractivity contribution is -0.145. The van der Waals surface area contributed by atoms with E-state index in [1.165, 1.54) is 19.3 Å². The molecular weight excluding hydrogens is 274 g/mol. The van der Waals surface area contributed by atoms with E-state index in [1.54, 1.807) is 0 Å². The molecule has 0 aromatic heterocycles. The Hall–Kier alpha value is -1.35. The smallest absolute Gasteiger partial charge is 0.323 e. The third kappa shape index (κ3) is 8.18. The highest BCUT2D eigenvalue weighted by Gasteiger charge is 2.15. The van der Waals surface area contributed by atoms with Crippen molar-refractivity contribution in [3.8, 4) is 0 Å². The van der Waals surface area contributed by atoms with Crippen molar-refractivity contribution in [2.75, 3.05) is 6.61 Å². The van der Waals surface area contributed by atoms with Crippen LogP contribution in [-0.4, -0.2) is 18.6 Å². The Labute approximate surface area is 135 Å². The quantitative estimate of drug-likeness (QED) is 0.666. The molecule has 0 bridgehead atoms. The van der Waals surface area contributed by atoms with Crippen LogP contribution in [0.4, 0.5) is 0 Å².